The van der Waals surface area contributed by atoms with E-state index < -0.39 is 0 Å². The fraction of sp³-hybridized carbons (Fsp3) is 0.962. The fourth-order valence-electron chi connectivity index (χ4n) is 4.43. The van der Waals surface area contributed by atoms with Crippen molar-refractivity contribution in [1.29, 1.82) is 0 Å². The van der Waals surface area contributed by atoms with E-state index >= 15 is 0 Å². The normalized spacial score (nSPS) is 13.4. The Morgan fingerprint density at radius 1 is 0.571 bits per heavy atom. The highest BCUT2D eigenvalue weighted by atomic mass is 16.1. The first kappa shape index (κ1) is 27.5. The third-order valence-corrected chi connectivity index (χ3v) is 6.36. The van der Waals surface area contributed by atoms with Gasteiger partial charge in [0.1, 0.15) is 0 Å². The summed E-state index contributed by atoms with van der Waals surface area (Å²) < 4.78 is 0. The second-order valence-corrected chi connectivity index (χ2v) is 8.90. The third kappa shape index (κ3) is 17.6. The van der Waals surface area contributed by atoms with E-state index in [0.29, 0.717) is 12.0 Å². The second-order valence-electron chi connectivity index (χ2n) is 8.90. The summed E-state index contributed by atoms with van der Waals surface area (Å²) in [5.74, 6) is 0.649. The van der Waals surface area contributed by atoms with Crippen molar-refractivity contribution >= 4 is 6.41 Å². The van der Waals surface area contributed by atoms with E-state index in [2.05, 4.69) is 26.1 Å². The molecule has 2 atom stereocenters. The molecule has 0 aliphatic heterocycles. The molecule has 0 aliphatic rings. The molecular weight excluding hydrogens is 342 g/mol. The zero-order valence-electron chi connectivity index (χ0n) is 19.7. The van der Waals surface area contributed by atoms with Crippen LogP contribution in [0, 0.1) is 5.92 Å². The largest absolute Gasteiger partial charge is 0.345 e. The Balaban J connectivity index is 3.70. The first-order valence-corrected chi connectivity index (χ1v) is 12.9. The summed E-state index contributed by atoms with van der Waals surface area (Å²) in [5.41, 5.74) is 0. The summed E-state index contributed by atoms with van der Waals surface area (Å²) in [4.78, 5) is 10.8. The molecule has 1 radical (unpaired) electrons. The van der Waals surface area contributed by atoms with Crippen molar-refractivity contribution in [2.45, 2.75) is 155 Å². The molecular formula is C26H52NO. The minimum absolute atomic E-state index is 0.330. The van der Waals surface area contributed by atoms with Crippen LogP contribution in [0.3, 0.4) is 0 Å². The lowest BCUT2D eigenvalue weighted by molar-refractivity contribution is 0.312. The fourth-order valence-corrected chi connectivity index (χ4v) is 4.43. The maximum absolute atomic E-state index is 10.8. The maximum Gasteiger partial charge on any atom is 0.309 e. The molecule has 0 aromatic carbocycles. The van der Waals surface area contributed by atoms with E-state index in [1.165, 1.54) is 122 Å². The van der Waals surface area contributed by atoms with Crippen LogP contribution in [-0.2, 0) is 4.79 Å². The number of carbonyl (C=O) groups excluding carboxylic acids is 1. The average molecular weight is 395 g/mol. The topological polar surface area (TPSA) is 29.1 Å². The number of hydrogen-bond acceptors (Lipinski definition) is 1. The maximum atomic E-state index is 10.8. The standard InChI is InChI=1S/C26H52NO/c1-4-7-9-11-12-13-14-15-16-17-18-19-21-23-25(22-20-10-8-5-2)26(6-3)27-24-28/h25-26H,4-23H2,1-3H3,(H,27,28). The van der Waals surface area contributed by atoms with Gasteiger partial charge < -0.3 is 5.32 Å². The molecule has 28 heavy (non-hydrogen) atoms. The smallest absolute Gasteiger partial charge is 0.309 e. The molecule has 0 aromatic rings. The number of nitrogens with one attached hydrogen (secondary N) is 1. The van der Waals surface area contributed by atoms with Crippen molar-refractivity contribution in [3.05, 3.63) is 0 Å². The minimum atomic E-state index is 0.330. The lowest BCUT2D eigenvalue weighted by Crippen LogP contribution is -2.34. The highest BCUT2D eigenvalue weighted by Gasteiger charge is 2.18. The van der Waals surface area contributed by atoms with Gasteiger partial charge >= 0.3 is 6.41 Å². The van der Waals surface area contributed by atoms with E-state index in [9.17, 15) is 4.79 Å². The highest BCUT2D eigenvalue weighted by molar-refractivity contribution is 5.47. The summed E-state index contributed by atoms with van der Waals surface area (Å²) in [6.45, 7) is 6.75. The Bertz CT molecular complexity index is 305. The Morgan fingerprint density at radius 2 is 0.929 bits per heavy atom. The molecule has 0 heterocycles. The van der Waals surface area contributed by atoms with Crippen molar-refractivity contribution in [3.8, 4) is 0 Å². The average Bonchev–Trinajstić information content (AvgIpc) is 2.71. The molecule has 0 fully saturated rings. The summed E-state index contributed by atoms with van der Waals surface area (Å²) in [5, 5.41) is 2.96. The van der Waals surface area contributed by atoms with E-state index in [4.69, 9.17) is 0 Å². The molecule has 2 nitrogen and oxygen atoms in total. The van der Waals surface area contributed by atoms with Crippen molar-refractivity contribution in [2.75, 3.05) is 0 Å². The molecule has 0 saturated heterocycles. The Hall–Kier alpha value is -0.530. The van der Waals surface area contributed by atoms with Gasteiger partial charge in [-0.1, -0.05) is 130 Å². The van der Waals surface area contributed by atoms with Gasteiger partial charge in [-0.25, -0.2) is 0 Å². The first-order valence-electron chi connectivity index (χ1n) is 12.9. The van der Waals surface area contributed by atoms with Crippen LogP contribution in [0.4, 0.5) is 0 Å². The number of unbranched alkanes of at least 4 members (excludes halogenated alkanes) is 15. The van der Waals surface area contributed by atoms with Gasteiger partial charge in [0, 0.05) is 6.04 Å². The number of hydrogen-bond donors (Lipinski definition) is 1. The van der Waals surface area contributed by atoms with Gasteiger partial charge in [-0.2, -0.15) is 0 Å². The predicted octanol–water partition coefficient (Wildman–Crippen LogP) is 8.49. The minimum Gasteiger partial charge on any atom is -0.345 e. The van der Waals surface area contributed by atoms with E-state index in [1.807, 2.05) is 6.41 Å². The monoisotopic (exact) mass is 394 g/mol. The van der Waals surface area contributed by atoms with Crippen LogP contribution in [0.2, 0.25) is 0 Å². The van der Waals surface area contributed by atoms with Gasteiger partial charge in [0.2, 0.25) is 0 Å². The van der Waals surface area contributed by atoms with Gasteiger partial charge in [0.25, 0.3) is 0 Å². The lowest BCUT2D eigenvalue weighted by atomic mass is 9.87. The second kappa shape index (κ2) is 22.8. The molecule has 0 aromatic heterocycles. The predicted molar refractivity (Wildman–Crippen MR) is 125 cm³/mol. The number of rotatable bonds is 23. The van der Waals surface area contributed by atoms with Crippen LogP contribution in [0.15, 0.2) is 0 Å². The van der Waals surface area contributed by atoms with Gasteiger partial charge in [0.05, 0.1) is 0 Å². The molecule has 2 heteroatoms. The Morgan fingerprint density at radius 3 is 1.29 bits per heavy atom. The molecule has 167 valence electrons. The molecule has 0 aliphatic carbocycles. The summed E-state index contributed by atoms with van der Waals surface area (Å²) >= 11 is 0. The van der Waals surface area contributed by atoms with E-state index in [-0.39, 0.29) is 0 Å². The molecule has 1 amide bonds. The van der Waals surface area contributed by atoms with Crippen LogP contribution >= 0.6 is 0 Å². The zero-order chi connectivity index (χ0) is 20.7. The molecule has 0 rings (SSSR count). The first-order chi connectivity index (χ1) is 13.8. The van der Waals surface area contributed by atoms with E-state index in [0.717, 1.165) is 6.42 Å². The van der Waals surface area contributed by atoms with Crippen LogP contribution in [0.25, 0.3) is 0 Å². The SMILES string of the molecule is CCCCCCCCCCCCCCCC(CCCCCC)C(CC)N[C]=O. The molecule has 0 saturated carbocycles. The quantitative estimate of drug-likeness (QED) is 0.137. The van der Waals surface area contributed by atoms with Crippen molar-refractivity contribution in [2.24, 2.45) is 5.92 Å². The molecule has 1 N–H and O–H groups in total. The van der Waals surface area contributed by atoms with Crippen molar-refractivity contribution in [1.82, 2.24) is 5.32 Å². The highest BCUT2D eigenvalue weighted by Crippen LogP contribution is 2.23. The zero-order valence-corrected chi connectivity index (χ0v) is 19.7. The molecule has 0 bridgehead atoms. The van der Waals surface area contributed by atoms with Crippen molar-refractivity contribution < 1.29 is 4.79 Å². The lowest BCUT2D eigenvalue weighted by Gasteiger charge is -2.25. The van der Waals surface area contributed by atoms with Crippen LogP contribution in [-0.4, -0.2) is 12.5 Å². The van der Waals surface area contributed by atoms with Gasteiger partial charge in [0.15, 0.2) is 0 Å². The van der Waals surface area contributed by atoms with Gasteiger partial charge in [-0.05, 0) is 25.2 Å². The molecule has 0 spiro atoms. The van der Waals surface area contributed by atoms with Crippen LogP contribution < -0.4 is 5.32 Å². The van der Waals surface area contributed by atoms with E-state index in [1.54, 1.807) is 0 Å². The third-order valence-electron chi connectivity index (χ3n) is 6.36. The molecule has 2 unspecified atom stereocenters. The van der Waals surface area contributed by atoms with Crippen LogP contribution in [0.1, 0.15) is 149 Å². The van der Waals surface area contributed by atoms with Crippen molar-refractivity contribution in [3.63, 3.8) is 0 Å². The van der Waals surface area contributed by atoms with Gasteiger partial charge in [-0.15, -0.1) is 0 Å². The van der Waals surface area contributed by atoms with Crippen LogP contribution in [0.5, 0.6) is 0 Å². The Kier molecular flexibility index (Phi) is 22.3. The number of amides is 1. The summed E-state index contributed by atoms with van der Waals surface area (Å²) in [6.07, 6.45) is 29.2. The summed E-state index contributed by atoms with van der Waals surface area (Å²) in [6, 6.07) is 0.330. The van der Waals surface area contributed by atoms with Gasteiger partial charge in [-0.3, -0.25) is 4.79 Å². The Labute approximate surface area is 178 Å². The summed E-state index contributed by atoms with van der Waals surface area (Å²) in [7, 11) is 0.